The molecule has 19 heavy (non-hydrogen) atoms. The van der Waals surface area contributed by atoms with Gasteiger partial charge >= 0.3 is 0 Å². The van der Waals surface area contributed by atoms with Crippen LogP contribution in [0.5, 0.6) is 5.75 Å². The molecule has 0 saturated carbocycles. The van der Waals surface area contributed by atoms with Crippen molar-refractivity contribution in [3.05, 3.63) is 29.8 Å². The summed E-state index contributed by atoms with van der Waals surface area (Å²) in [6.07, 6.45) is 7.89. The number of ether oxygens (including phenoxy) is 1. The lowest BCUT2D eigenvalue weighted by Gasteiger charge is -2.17. The maximum absolute atomic E-state index is 11.8. The van der Waals surface area contributed by atoms with Crippen LogP contribution in [0.3, 0.4) is 0 Å². The van der Waals surface area contributed by atoms with E-state index in [2.05, 4.69) is 18.2 Å². The fourth-order valence-electron chi connectivity index (χ4n) is 1.87. The average molecular weight is 259 g/mol. The van der Waals surface area contributed by atoms with E-state index in [1.165, 1.54) is 0 Å². The summed E-state index contributed by atoms with van der Waals surface area (Å²) in [6.45, 7) is 2.05. The second-order valence-electron chi connectivity index (χ2n) is 4.36. The second kappa shape index (κ2) is 8.20. The van der Waals surface area contributed by atoms with Gasteiger partial charge in [0.2, 0.25) is 5.91 Å². The number of carbonyl (C=O) groups excluding carboxylic acids is 1. The van der Waals surface area contributed by atoms with Crippen molar-refractivity contribution in [1.29, 1.82) is 0 Å². The van der Waals surface area contributed by atoms with Crippen LogP contribution in [-0.2, 0) is 4.79 Å². The number of unbranched alkanes of at least 4 members (excludes halogenated alkanes) is 1. The molecule has 0 saturated heterocycles. The Morgan fingerprint density at radius 2 is 2.11 bits per heavy atom. The number of hydrogen-bond donors (Lipinski definition) is 1. The lowest BCUT2D eigenvalue weighted by molar-refractivity contribution is -0.121. The summed E-state index contributed by atoms with van der Waals surface area (Å²) < 4.78 is 5.12. The molecule has 3 heteroatoms. The molecule has 0 fully saturated rings. The molecule has 1 aromatic carbocycles. The van der Waals surface area contributed by atoms with E-state index in [1.54, 1.807) is 7.11 Å². The number of hydrogen-bond acceptors (Lipinski definition) is 2. The van der Waals surface area contributed by atoms with Gasteiger partial charge in [-0.1, -0.05) is 19.1 Å². The highest BCUT2D eigenvalue weighted by atomic mass is 16.5. The molecule has 1 atom stereocenters. The summed E-state index contributed by atoms with van der Waals surface area (Å²) in [4.78, 5) is 11.8. The first-order chi connectivity index (χ1) is 9.21. The summed E-state index contributed by atoms with van der Waals surface area (Å²) in [6, 6.07) is 7.82. The van der Waals surface area contributed by atoms with E-state index in [0.29, 0.717) is 12.8 Å². The van der Waals surface area contributed by atoms with Crippen LogP contribution in [0.1, 0.15) is 44.2 Å². The van der Waals surface area contributed by atoms with E-state index < -0.39 is 0 Å². The Morgan fingerprint density at radius 1 is 1.42 bits per heavy atom. The van der Waals surface area contributed by atoms with Crippen molar-refractivity contribution in [3.63, 3.8) is 0 Å². The number of nitrogens with one attached hydrogen (secondary N) is 1. The minimum atomic E-state index is 0.0456. The largest absolute Gasteiger partial charge is 0.497 e. The molecule has 102 valence electrons. The Morgan fingerprint density at radius 3 is 2.63 bits per heavy atom. The van der Waals surface area contributed by atoms with Gasteiger partial charge in [0.05, 0.1) is 13.2 Å². The van der Waals surface area contributed by atoms with Crippen LogP contribution in [0.15, 0.2) is 24.3 Å². The van der Waals surface area contributed by atoms with Crippen molar-refractivity contribution in [1.82, 2.24) is 5.32 Å². The number of carbonyl (C=O) groups is 1. The monoisotopic (exact) mass is 259 g/mol. The van der Waals surface area contributed by atoms with Gasteiger partial charge in [-0.15, -0.1) is 12.3 Å². The highest BCUT2D eigenvalue weighted by Crippen LogP contribution is 2.20. The molecule has 3 nitrogen and oxygen atoms in total. The predicted molar refractivity (Wildman–Crippen MR) is 76.9 cm³/mol. The van der Waals surface area contributed by atoms with Gasteiger partial charge in [0.1, 0.15) is 5.75 Å². The standard InChI is InChI=1S/C16H21NO2/c1-4-6-7-8-16(18)17-15(5-2)13-9-11-14(19-3)12-10-13/h1,9-12,15H,5-8H2,2-3H3,(H,17,18)/t15-/m0/s1. The predicted octanol–water partition coefficient (Wildman–Crippen LogP) is 3.07. The molecule has 1 N–H and O–H groups in total. The highest BCUT2D eigenvalue weighted by molar-refractivity contribution is 5.76. The Kier molecular flexibility index (Phi) is 6.52. The smallest absolute Gasteiger partial charge is 0.220 e. The molecule has 0 bridgehead atoms. The van der Waals surface area contributed by atoms with Gasteiger partial charge in [0, 0.05) is 12.8 Å². The van der Waals surface area contributed by atoms with Crippen molar-refractivity contribution < 1.29 is 9.53 Å². The minimum absolute atomic E-state index is 0.0456. The zero-order valence-electron chi connectivity index (χ0n) is 11.6. The van der Waals surface area contributed by atoms with Gasteiger partial charge < -0.3 is 10.1 Å². The first kappa shape index (κ1) is 15.1. The first-order valence-corrected chi connectivity index (χ1v) is 6.58. The van der Waals surface area contributed by atoms with Crippen LogP contribution in [0.2, 0.25) is 0 Å². The normalized spacial score (nSPS) is 11.4. The average Bonchev–Trinajstić information content (AvgIpc) is 2.45. The number of terminal acetylenes is 1. The third kappa shape index (κ3) is 5.05. The Balaban J connectivity index is 2.57. The summed E-state index contributed by atoms with van der Waals surface area (Å²) in [5.74, 6) is 3.41. The molecule has 0 unspecified atom stereocenters. The Bertz CT molecular complexity index is 431. The molecule has 0 aliphatic rings. The van der Waals surface area contributed by atoms with E-state index >= 15 is 0 Å². The molecule has 0 aromatic heterocycles. The fraction of sp³-hybridized carbons (Fsp3) is 0.438. The second-order valence-corrected chi connectivity index (χ2v) is 4.36. The zero-order valence-corrected chi connectivity index (χ0v) is 11.6. The molecular weight excluding hydrogens is 238 g/mol. The van der Waals surface area contributed by atoms with Crippen LogP contribution < -0.4 is 10.1 Å². The lowest BCUT2D eigenvalue weighted by atomic mass is 10.0. The van der Waals surface area contributed by atoms with Gasteiger partial charge in [-0.3, -0.25) is 4.79 Å². The summed E-state index contributed by atoms with van der Waals surface area (Å²) in [7, 11) is 1.64. The summed E-state index contributed by atoms with van der Waals surface area (Å²) >= 11 is 0. The molecule has 1 amide bonds. The molecule has 0 aliphatic heterocycles. The van der Waals surface area contributed by atoms with Gasteiger partial charge in [-0.25, -0.2) is 0 Å². The van der Waals surface area contributed by atoms with E-state index in [4.69, 9.17) is 11.2 Å². The maximum Gasteiger partial charge on any atom is 0.220 e. The number of amides is 1. The van der Waals surface area contributed by atoms with Gasteiger partial charge in [0.15, 0.2) is 0 Å². The topological polar surface area (TPSA) is 38.3 Å². The van der Waals surface area contributed by atoms with E-state index in [9.17, 15) is 4.79 Å². The highest BCUT2D eigenvalue weighted by Gasteiger charge is 2.12. The van der Waals surface area contributed by atoms with E-state index in [1.807, 2.05) is 24.3 Å². The molecule has 0 spiro atoms. The number of rotatable bonds is 7. The van der Waals surface area contributed by atoms with Crippen LogP contribution in [-0.4, -0.2) is 13.0 Å². The third-order valence-corrected chi connectivity index (χ3v) is 2.99. The fourth-order valence-corrected chi connectivity index (χ4v) is 1.87. The van der Waals surface area contributed by atoms with Crippen LogP contribution >= 0.6 is 0 Å². The minimum Gasteiger partial charge on any atom is -0.497 e. The van der Waals surface area contributed by atoms with Crippen LogP contribution in [0.4, 0.5) is 0 Å². The summed E-state index contributed by atoms with van der Waals surface area (Å²) in [5.41, 5.74) is 1.09. The maximum atomic E-state index is 11.8. The van der Waals surface area contributed by atoms with Crippen LogP contribution in [0.25, 0.3) is 0 Å². The zero-order chi connectivity index (χ0) is 14.1. The van der Waals surface area contributed by atoms with Gasteiger partial charge in [-0.05, 0) is 30.5 Å². The SMILES string of the molecule is C#CCCCC(=O)N[C@@H](CC)c1ccc(OC)cc1. The van der Waals surface area contributed by atoms with Crippen molar-refractivity contribution in [2.24, 2.45) is 0 Å². The Labute approximate surface area is 115 Å². The first-order valence-electron chi connectivity index (χ1n) is 6.58. The molecule has 1 aromatic rings. The summed E-state index contributed by atoms with van der Waals surface area (Å²) in [5, 5.41) is 3.03. The van der Waals surface area contributed by atoms with E-state index in [0.717, 1.165) is 24.2 Å². The molecule has 1 rings (SSSR count). The number of methoxy groups -OCH3 is 1. The molecule has 0 radical (unpaired) electrons. The third-order valence-electron chi connectivity index (χ3n) is 2.99. The lowest BCUT2D eigenvalue weighted by Crippen LogP contribution is -2.27. The Hall–Kier alpha value is -1.95. The molecule has 0 aliphatic carbocycles. The van der Waals surface area contributed by atoms with Crippen molar-refractivity contribution >= 4 is 5.91 Å². The van der Waals surface area contributed by atoms with E-state index in [-0.39, 0.29) is 11.9 Å². The molecule has 0 heterocycles. The van der Waals surface area contributed by atoms with Gasteiger partial charge in [0.25, 0.3) is 0 Å². The van der Waals surface area contributed by atoms with Gasteiger partial charge in [-0.2, -0.15) is 0 Å². The van der Waals surface area contributed by atoms with Crippen molar-refractivity contribution in [3.8, 4) is 18.1 Å². The number of benzene rings is 1. The van der Waals surface area contributed by atoms with Crippen molar-refractivity contribution in [2.75, 3.05) is 7.11 Å². The van der Waals surface area contributed by atoms with Crippen LogP contribution in [0, 0.1) is 12.3 Å². The quantitative estimate of drug-likeness (QED) is 0.603. The molecular formula is C16H21NO2. The van der Waals surface area contributed by atoms with Crippen molar-refractivity contribution in [2.45, 2.75) is 38.6 Å².